The fourth-order valence-corrected chi connectivity index (χ4v) is 9.37. The van der Waals surface area contributed by atoms with Crippen LogP contribution >= 0.6 is 0 Å². The van der Waals surface area contributed by atoms with E-state index in [-0.39, 0.29) is 0 Å². The zero-order chi connectivity index (χ0) is 53.6. The number of hydrogen-bond acceptors (Lipinski definition) is 1. The van der Waals surface area contributed by atoms with Crippen LogP contribution in [0.2, 0.25) is 0 Å². The highest BCUT2D eigenvalue weighted by Crippen LogP contribution is 2.17. The lowest BCUT2D eigenvalue weighted by Crippen LogP contribution is -2.10. The molecule has 0 aromatic rings. The minimum Gasteiger partial charge on any atom is -0.381 e. The number of unbranched alkanes of at least 4 members (excludes halogenated alkanes) is 43. The van der Waals surface area contributed by atoms with E-state index in [1.165, 1.54) is 327 Å². The number of hydrogen-bond donors (Lipinski definition) is 0. The molecule has 0 amide bonds. The van der Waals surface area contributed by atoms with Gasteiger partial charge in [-0.3, -0.25) is 0 Å². The number of halogens is 1. The maximum atomic E-state index is 12.8. The van der Waals surface area contributed by atoms with Crippen LogP contribution in [0.4, 0.5) is 4.39 Å². The summed E-state index contributed by atoms with van der Waals surface area (Å²) in [4.78, 5) is 0. The van der Waals surface area contributed by atoms with Crippen molar-refractivity contribution in [3.63, 3.8) is 0 Å². The molecule has 0 aromatic carbocycles. The number of rotatable bonds is 53. The van der Waals surface area contributed by atoms with Crippen LogP contribution in [0.5, 0.6) is 0 Å². The number of alkyl halides is 1. The molecule has 2 unspecified atom stereocenters. The molecule has 0 bridgehead atoms. The lowest BCUT2D eigenvalue weighted by Gasteiger charge is -2.14. The van der Waals surface area contributed by atoms with Crippen molar-refractivity contribution in [1.82, 2.24) is 0 Å². The van der Waals surface area contributed by atoms with Crippen LogP contribution in [-0.2, 0) is 4.74 Å². The molecule has 71 heavy (non-hydrogen) atoms. The molecule has 0 spiro atoms. The van der Waals surface area contributed by atoms with Crippen LogP contribution < -0.4 is 0 Å². The van der Waals surface area contributed by atoms with Crippen LogP contribution in [0.25, 0.3) is 0 Å². The van der Waals surface area contributed by atoms with Gasteiger partial charge in [-0.15, -0.1) is 0 Å². The molecule has 0 aliphatic heterocycles. The lowest BCUT2D eigenvalue weighted by molar-refractivity contribution is 0.0833. The summed E-state index contributed by atoms with van der Waals surface area (Å²) in [6.45, 7) is 24.7. The molecule has 0 saturated heterocycles. The van der Waals surface area contributed by atoms with Crippen LogP contribution in [0.3, 0.4) is 0 Å². The van der Waals surface area contributed by atoms with Gasteiger partial charge in [0, 0.05) is 7.11 Å². The second-order valence-corrected chi connectivity index (χ2v) is 22.9. The van der Waals surface area contributed by atoms with Crippen LogP contribution in [0, 0.1) is 5.92 Å². The first kappa shape index (κ1) is 79.8. The summed E-state index contributed by atoms with van der Waals surface area (Å²) in [6, 6.07) is 0. The monoisotopic (exact) mass is 1010 g/mol. The van der Waals surface area contributed by atoms with E-state index in [2.05, 4.69) is 69.2 Å². The molecule has 0 saturated carbocycles. The Hall–Kier alpha value is -0.110. The molecule has 0 heterocycles. The first-order chi connectivity index (χ1) is 34.8. The summed E-state index contributed by atoms with van der Waals surface area (Å²) in [7, 11) is 1.86. The van der Waals surface area contributed by atoms with Gasteiger partial charge in [-0.05, 0) is 31.6 Å². The third kappa shape index (κ3) is 92.9. The Morgan fingerprint density at radius 1 is 0.239 bits per heavy atom. The van der Waals surface area contributed by atoms with E-state index in [1.807, 2.05) is 14.0 Å². The van der Waals surface area contributed by atoms with Crippen LogP contribution in [-0.4, -0.2) is 19.4 Å². The van der Waals surface area contributed by atoms with Crippen molar-refractivity contribution < 1.29 is 9.13 Å². The van der Waals surface area contributed by atoms with Gasteiger partial charge in [-0.1, -0.05) is 397 Å². The SMILES string of the molecule is CCCCCCC(CCCCC)OC.CCCCCCCC.CCCCCCCCCCC(C)C.CCCCCCCCCCC(F)CC.CCCCCCCCCCCCCCCCCCCCCC. The Kier molecular flexibility index (Phi) is 91.3. The summed E-state index contributed by atoms with van der Waals surface area (Å²) in [5.41, 5.74) is 0. The molecule has 1 nitrogen and oxygen atoms in total. The highest BCUT2D eigenvalue weighted by atomic mass is 19.1. The maximum absolute atomic E-state index is 12.8. The normalized spacial score (nSPS) is 11.7. The Labute approximate surface area is 455 Å². The van der Waals surface area contributed by atoms with E-state index in [9.17, 15) is 4.39 Å². The van der Waals surface area contributed by atoms with Crippen molar-refractivity contribution in [2.75, 3.05) is 7.11 Å². The molecule has 0 rings (SSSR count). The fraction of sp³-hybridized carbons (Fsp3) is 1.00. The Morgan fingerprint density at radius 2 is 0.408 bits per heavy atom. The Morgan fingerprint density at radius 3 is 0.620 bits per heavy atom. The summed E-state index contributed by atoms with van der Waals surface area (Å²) < 4.78 is 18.3. The molecule has 0 aliphatic rings. The summed E-state index contributed by atoms with van der Waals surface area (Å²) in [5.74, 6) is 0.903. The van der Waals surface area contributed by atoms with Gasteiger partial charge in [0.2, 0.25) is 0 Å². The smallest absolute Gasteiger partial charge is 0.0999 e. The van der Waals surface area contributed by atoms with Gasteiger partial charge < -0.3 is 4.74 Å². The minimum absolute atomic E-state index is 0.526. The third-order valence-corrected chi connectivity index (χ3v) is 14.7. The molecular weight excluding hydrogens is 864 g/mol. The average molecular weight is 1010 g/mol. The summed E-state index contributed by atoms with van der Waals surface area (Å²) >= 11 is 0. The van der Waals surface area contributed by atoms with Crippen molar-refractivity contribution in [2.24, 2.45) is 5.92 Å². The third-order valence-electron chi connectivity index (χ3n) is 14.7. The van der Waals surface area contributed by atoms with Crippen molar-refractivity contribution >= 4 is 0 Å². The van der Waals surface area contributed by atoms with Gasteiger partial charge >= 0.3 is 0 Å². The van der Waals surface area contributed by atoms with Gasteiger partial charge in [0.15, 0.2) is 0 Å². The predicted molar refractivity (Wildman–Crippen MR) is 331 cm³/mol. The molecule has 0 aliphatic carbocycles. The fourth-order valence-electron chi connectivity index (χ4n) is 9.37. The predicted octanol–water partition coefficient (Wildman–Crippen LogP) is 27.2. The zero-order valence-corrected chi connectivity index (χ0v) is 52.7. The quantitative estimate of drug-likeness (QED) is 0.0552. The van der Waals surface area contributed by atoms with E-state index in [4.69, 9.17) is 4.74 Å². The van der Waals surface area contributed by atoms with E-state index in [1.54, 1.807) is 0 Å². The first-order valence-corrected chi connectivity index (χ1v) is 33.9. The van der Waals surface area contributed by atoms with Gasteiger partial charge in [0.1, 0.15) is 0 Å². The standard InChI is InChI=1S/C22H46.C13H27F.C13H28O.C13H28.C8H18/c1-3-5-7-9-11-13-15-17-19-21-22-20-18-16-14-12-10-8-6-4-2;1-3-5-6-7-8-9-10-11-12-13(14)4-2;1-4-6-8-10-12-13(14-3)11-9-7-5-2;1-4-5-6-7-8-9-10-11-12-13(2)3;1-3-5-7-8-6-4-2/h3-22H2,1-2H3;13H,3-12H2,1-2H3;13H,4-12H2,1-3H3;13H,4-12H2,1-3H3;3-8H2,1-2H3. The molecule has 0 radical (unpaired) electrons. The Balaban J connectivity index is -0.000000265. The van der Waals surface area contributed by atoms with E-state index in [0.29, 0.717) is 12.5 Å². The van der Waals surface area contributed by atoms with Crippen molar-refractivity contribution in [2.45, 2.75) is 435 Å². The van der Waals surface area contributed by atoms with E-state index in [0.717, 1.165) is 18.8 Å². The lowest BCUT2D eigenvalue weighted by atomic mass is 10.0. The highest BCUT2D eigenvalue weighted by Gasteiger charge is 2.06. The average Bonchev–Trinajstić information content (AvgIpc) is 3.38. The molecule has 0 fully saturated rings. The molecule has 0 aromatic heterocycles. The largest absolute Gasteiger partial charge is 0.381 e. The second kappa shape index (κ2) is 81.3. The molecular formula is C69H147FO. The second-order valence-electron chi connectivity index (χ2n) is 22.9. The summed E-state index contributed by atoms with van der Waals surface area (Å²) in [6.07, 6.45) is 74.7. The minimum atomic E-state index is -0.546. The first-order valence-electron chi connectivity index (χ1n) is 33.9. The van der Waals surface area contributed by atoms with Crippen LogP contribution in [0.1, 0.15) is 423 Å². The number of methoxy groups -OCH3 is 1. The van der Waals surface area contributed by atoms with Crippen molar-refractivity contribution in [1.29, 1.82) is 0 Å². The van der Waals surface area contributed by atoms with Gasteiger partial charge in [0.05, 0.1) is 12.3 Å². The van der Waals surface area contributed by atoms with Gasteiger partial charge in [0.25, 0.3) is 0 Å². The molecule has 0 N–H and O–H groups in total. The molecule has 2 atom stereocenters. The van der Waals surface area contributed by atoms with Crippen molar-refractivity contribution in [3.8, 4) is 0 Å². The van der Waals surface area contributed by atoms with E-state index >= 15 is 0 Å². The summed E-state index contributed by atoms with van der Waals surface area (Å²) in [5, 5.41) is 0. The maximum Gasteiger partial charge on any atom is 0.0999 e. The zero-order valence-electron chi connectivity index (χ0n) is 52.7. The van der Waals surface area contributed by atoms with Gasteiger partial charge in [-0.25, -0.2) is 4.39 Å². The van der Waals surface area contributed by atoms with Crippen molar-refractivity contribution in [3.05, 3.63) is 0 Å². The Bertz CT molecular complexity index is 755. The molecule has 2 heteroatoms. The number of ether oxygens (including phenoxy) is 1. The van der Waals surface area contributed by atoms with E-state index < -0.39 is 6.17 Å². The topological polar surface area (TPSA) is 9.23 Å². The van der Waals surface area contributed by atoms with Gasteiger partial charge in [-0.2, -0.15) is 0 Å². The van der Waals surface area contributed by atoms with Crippen LogP contribution in [0.15, 0.2) is 0 Å². The highest BCUT2D eigenvalue weighted by molar-refractivity contribution is 4.59. The molecule has 436 valence electrons.